The topological polar surface area (TPSA) is 132 Å². The maximum Gasteiger partial charge on any atom is 0.306 e. The van der Waals surface area contributed by atoms with Crippen LogP contribution in [0.4, 0.5) is 5.69 Å². The van der Waals surface area contributed by atoms with Crippen LogP contribution in [0.5, 0.6) is 17.2 Å². The monoisotopic (exact) mass is 539 g/mol. The van der Waals surface area contributed by atoms with Gasteiger partial charge in [-0.1, -0.05) is 23.7 Å². The largest absolute Gasteiger partial charge is 0.497 e. The van der Waals surface area contributed by atoms with Crippen LogP contribution in [0.2, 0.25) is 5.02 Å². The number of anilines is 1. The van der Waals surface area contributed by atoms with Crippen LogP contribution in [-0.2, 0) is 19.1 Å². The number of carbonyl (C=O) groups is 4. The Kier molecular flexibility index (Phi) is 10.5. The van der Waals surface area contributed by atoms with Gasteiger partial charge in [-0.15, -0.1) is 0 Å². The molecule has 11 heteroatoms. The Hall–Kier alpha value is -4.57. The van der Waals surface area contributed by atoms with Crippen molar-refractivity contribution in [2.24, 2.45) is 0 Å². The molecule has 3 aromatic rings. The number of nitrogens with one attached hydrogen (secondary N) is 3. The van der Waals surface area contributed by atoms with Crippen molar-refractivity contribution in [1.82, 2.24) is 10.9 Å². The number of halogens is 1. The second-order valence-electron chi connectivity index (χ2n) is 7.85. The van der Waals surface area contributed by atoms with Crippen LogP contribution in [0.1, 0.15) is 29.6 Å². The number of methoxy groups -OCH3 is 1. The van der Waals surface area contributed by atoms with E-state index in [1.807, 2.05) is 0 Å². The predicted octanol–water partition coefficient (Wildman–Crippen LogP) is 4.25. The number of amides is 3. The lowest BCUT2D eigenvalue weighted by atomic mass is 10.2. The van der Waals surface area contributed by atoms with Crippen molar-refractivity contribution in [2.45, 2.75) is 19.3 Å². The van der Waals surface area contributed by atoms with Crippen LogP contribution >= 0.6 is 11.6 Å². The zero-order chi connectivity index (χ0) is 27.3. The summed E-state index contributed by atoms with van der Waals surface area (Å²) in [5, 5.41) is 2.97. The number of benzene rings is 3. The highest BCUT2D eigenvalue weighted by atomic mass is 35.5. The van der Waals surface area contributed by atoms with E-state index in [4.69, 9.17) is 25.8 Å². The lowest BCUT2D eigenvalue weighted by Crippen LogP contribution is -2.43. The Balaban J connectivity index is 1.30. The number of hydrogen-bond donors (Lipinski definition) is 3. The van der Waals surface area contributed by atoms with E-state index in [2.05, 4.69) is 16.2 Å². The van der Waals surface area contributed by atoms with Gasteiger partial charge in [-0.05, 0) is 67.1 Å². The van der Waals surface area contributed by atoms with E-state index in [-0.39, 0.29) is 35.8 Å². The van der Waals surface area contributed by atoms with Gasteiger partial charge in [0.2, 0.25) is 5.91 Å². The van der Waals surface area contributed by atoms with Gasteiger partial charge in [0.15, 0.2) is 6.61 Å². The molecule has 10 nitrogen and oxygen atoms in total. The summed E-state index contributed by atoms with van der Waals surface area (Å²) >= 11 is 5.91. The second-order valence-corrected chi connectivity index (χ2v) is 8.25. The van der Waals surface area contributed by atoms with Gasteiger partial charge in [0, 0.05) is 18.5 Å². The molecule has 198 valence electrons. The van der Waals surface area contributed by atoms with E-state index in [1.54, 1.807) is 67.8 Å². The first-order valence-corrected chi connectivity index (χ1v) is 11.9. The van der Waals surface area contributed by atoms with Crippen LogP contribution in [0, 0.1) is 0 Å². The molecule has 0 saturated carbocycles. The molecule has 0 spiro atoms. The molecule has 3 rings (SSSR count). The minimum Gasteiger partial charge on any atom is -0.497 e. The minimum atomic E-state index is -0.726. The Morgan fingerprint density at radius 3 is 2.05 bits per heavy atom. The highest BCUT2D eigenvalue weighted by Crippen LogP contribution is 2.25. The molecule has 3 amide bonds. The van der Waals surface area contributed by atoms with Gasteiger partial charge >= 0.3 is 5.97 Å². The van der Waals surface area contributed by atoms with Crippen molar-refractivity contribution in [1.29, 1.82) is 0 Å². The number of hydrazine groups is 1. The molecular formula is C27H26ClN3O7. The van der Waals surface area contributed by atoms with Crippen LogP contribution in [0.25, 0.3) is 0 Å². The zero-order valence-electron chi connectivity index (χ0n) is 20.5. The number of esters is 1. The summed E-state index contributed by atoms with van der Waals surface area (Å²) in [4.78, 5) is 47.8. The fourth-order valence-electron chi connectivity index (χ4n) is 3.10. The third-order valence-corrected chi connectivity index (χ3v) is 5.35. The van der Waals surface area contributed by atoms with Crippen LogP contribution in [0.15, 0.2) is 72.8 Å². The first kappa shape index (κ1) is 28.0. The lowest BCUT2D eigenvalue weighted by Gasteiger charge is -2.09. The molecule has 38 heavy (non-hydrogen) atoms. The molecule has 0 aliphatic carbocycles. The normalized spacial score (nSPS) is 10.2. The van der Waals surface area contributed by atoms with Gasteiger partial charge in [-0.2, -0.15) is 0 Å². The number of rotatable bonds is 11. The SMILES string of the molecule is COc1ccc(Oc2ccc(NC(=O)CCCC(=O)OCC(=O)NNC(=O)c3ccccc3Cl)cc2)cc1. The summed E-state index contributed by atoms with van der Waals surface area (Å²) in [5.41, 5.74) is 5.08. The summed E-state index contributed by atoms with van der Waals surface area (Å²) in [6.07, 6.45) is 0.259. The van der Waals surface area contributed by atoms with Gasteiger partial charge in [-0.3, -0.25) is 30.0 Å². The van der Waals surface area contributed by atoms with E-state index in [1.165, 1.54) is 12.1 Å². The maximum atomic E-state index is 12.2. The van der Waals surface area contributed by atoms with Crippen molar-refractivity contribution >= 4 is 41.0 Å². The third kappa shape index (κ3) is 9.14. The van der Waals surface area contributed by atoms with Crippen LogP contribution < -0.4 is 25.6 Å². The predicted molar refractivity (Wildman–Crippen MR) is 140 cm³/mol. The lowest BCUT2D eigenvalue weighted by molar-refractivity contribution is -0.148. The fourth-order valence-corrected chi connectivity index (χ4v) is 3.32. The standard InChI is InChI=1S/C27H26ClN3O7/c1-36-19-13-15-21(16-14-19)38-20-11-9-18(10-12-20)29-24(32)7-4-8-26(34)37-17-25(33)30-31-27(35)22-5-2-3-6-23(22)28/h2-3,5-6,9-16H,4,7-8,17H2,1H3,(H,29,32)(H,30,33)(H,31,35). The van der Waals surface area contributed by atoms with Crippen LogP contribution in [-0.4, -0.2) is 37.4 Å². The summed E-state index contributed by atoms with van der Waals surface area (Å²) in [6.45, 7) is -0.585. The van der Waals surface area contributed by atoms with Crippen molar-refractivity contribution in [2.75, 3.05) is 19.0 Å². The molecule has 0 aliphatic heterocycles. The summed E-state index contributed by atoms with van der Waals surface area (Å²) in [7, 11) is 1.59. The molecule has 0 radical (unpaired) electrons. The highest BCUT2D eigenvalue weighted by Gasteiger charge is 2.13. The summed E-state index contributed by atoms with van der Waals surface area (Å²) in [6, 6.07) is 20.3. The summed E-state index contributed by atoms with van der Waals surface area (Å²) < 4.78 is 15.7. The first-order chi connectivity index (χ1) is 18.3. The highest BCUT2D eigenvalue weighted by molar-refractivity contribution is 6.33. The van der Waals surface area contributed by atoms with Crippen molar-refractivity contribution in [3.05, 3.63) is 83.4 Å². The molecule has 0 aromatic heterocycles. The third-order valence-electron chi connectivity index (χ3n) is 5.02. The Bertz CT molecular complexity index is 1260. The Labute approximate surface area is 224 Å². The molecule has 3 N–H and O–H groups in total. The van der Waals surface area contributed by atoms with E-state index in [9.17, 15) is 19.2 Å². The molecule has 0 saturated heterocycles. The van der Waals surface area contributed by atoms with Gasteiger partial charge in [0.05, 0.1) is 17.7 Å². The first-order valence-electron chi connectivity index (χ1n) is 11.5. The second kappa shape index (κ2) is 14.2. The average molecular weight is 540 g/mol. The van der Waals surface area contributed by atoms with Gasteiger partial charge in [0.25, 0.3) is 11.8 Å². The van der Waals surface area contributed by atoms with Gasteiger partial charge < -0.3 is 19.5 Å². The van der Waals surface area contributed by atoms with E-state index in [0.29, 0.717) is 17.2 Å². The molecule has 0 bridgehead atoms. The zero-order valence-corrected chi connectivity index (χ0v) is 21.2. The molecule has 0 heterocycles. The quantitative estimate of drug-likeness (QED) is 0.245. The molecule has 0 atom stereocenters. The fraction of sp³-hybridized carbons (Fsp3) is 0.185. The molecule has 0 fully saturated rings. The molecule has 0 unspecified atom stereocenters. The number of hydrogen-bond acceptors (Lipinski definition) is 7. The van der Waals surface area contributed by atoms with E-state index in [0.717, 1.165) is 5.75 Å². The number of ether oxygens (including phenoxy) is 3. The minimum absolute atomic E-state index is 0.0542. The maximum absolute atomic E-state index is 12.2. The van der Waals surface area contributed by atoms with E-state index >= 15 is 0 Å². The van der Waals surface area contributed by atoms with Gasteiger partial charge in [0.1, 0.15) is 17.2 Å². The summed E-state index contributed by atoms with van der Waals surface area (Å²) in [5.74, 6) is -0.286. The molecular weight excluding hydrogens is 514 g/mol. The smallest absolute Gasteiger partial charge is 0.306 e. The van der Waals surface area contributed by atoms with Crippen molar-refractivity contribution in [3.8, 4) is 17.2 Å². The Morgan fingerprint density at radius 1 is 0.763 bits per heavy atom. The molecule has 0 aliphatic rings. The number of carbonyl (C=O) groups excluding carboxylic acids is 4. The van der Waals surface area contributed by atoms with Gasteiger partial charge in [-0.25, -0.2) is 0 Å². The Morgan fingerprint density at radius 2 is 1.39 bits per heavy atom. The van der Waals surface area contributed by atoms with Crippen molar-refractivity contribution < 1.29 is 33.4 Å². The van der Waals surface area contributed by atoms with E-state index < -0.39 is 24.4 Å². The average Bonchev–Trinajstić information content (AvgIpc) is 2.92. The van der Waals surface area contributed by atoms with Crippen molar-refractivity contribution in [3.63, 3.8) is 0 Å². The molecule has 3 aromatic carbocycles. The van der Waals surface area contributed by atoms with Crippen LogP contribution in [0.3, 0.4) is 0 Å².